The smallest absolute Gasteiger partial charge is 0.136 e. The van der Waals surface area contributed by atoms with Crippen molar-refractivity contribution in [1.29, 1.82) is 0 Å². The van der Waals surface area contributed by atoms with Crippen LogP contribution >= 0.6 is 0 Å². The molecule has 6 rings (SSSR count). The van der Waals surface area contributed by atoms with E-state index in [9.17, 15) is 9.18 Å². The molecule has 0 aromatic carbocycles. The molecule has 2 heterocycles. The van der Waals surface area contributed by atoms with Gasteiger partial charge in [-0.15, -0.1) is 0 Å². The average Bonchev–Trinajstić information content (AvgIpc) is 3.27. The van der Waals surface area contributed by atoms with Crippen molar-refractivity contribution < 1.29 is 9.18 Å². The standard InChI is InChI=1S/C33H45FN2O/c1-32-13-9-23(21-31(37)24-11-17-36(18-12-24)19-15-34)20-26(32)5-6-27-29-8-7-28(25-4-3-16-35-22-25)33(29,2)14-10-30(27)32/h3-5,7,16,22-24,27,29-30H,6,8-15,17-21H2,1-2H3/t23?,27?,29?,30-,32?,33?/m0/s1. The summed E-state index contributed by atoms with van der Waals surface area (Å²) in [6.07, 6.45) is 20.3. The fraction of sp³-hybridized carbons (Fsp3) is 0.697. The van der Waals surface area contributed by atoms with E-state index < -0.39 is 0 Å². The highest BCUT2D eigenvalue weighted by molar-refractivity contribution is 5.81. The molecule has 0 bridgehead atoms. The van der Waals surface area contributed by atoms with Gasteiger partial charge in [0.25, 0.3) is 0 Å². The Morgan fingerprint density at radius 1 is 1.05 bits per heavy atom. The summed E-state index contributed by atoms with van der Waals surface area (Å²) in [4.78, 5) is 19.8. The highest BCUT2D eigenvalue weighted by Crippen LogP contribution is 2.66. The number of carbonyl (C=O) groups excluding carboxylic acids is 1. The number of halogens is 1. The monoisotopic (exact) mass is 504 g/mol. The number of aromatic nitrogens is 1. The Labute approximate surface area is 223 Å². The molecule has 3 nitrogen and oxygen atoms in total. The molecule has 37 heavy (non-hydrogen) atoms. The van der Waals surface area contributed by atoms with E-state index in [1.807, 2.05) is 6.20 Å². The molecule has 0 N–H and O–H groups in total. The molecule has 5 aliphatic rings. The number of hydrogen-bond donors (Lipinski definition) is 0. The van der Waals surface area contributed by atoms with Crippen molar-refractivity contribution >= 4 is 11.4 Å². The maximum absolute atomic E-state index is 13.2. The predicted octanol–water partition coefficient (Wildman–Crippen LogP) is 7.29. The van der Waals surface area contributed by atoms with E-state index in [4.69, 9.17) is 0 Å². The van der Waals surface area contributed by atoms with Crippen LogP contribution in [0.3, 0.4) is 0 Å². The number of fused-ring (bicyclic) bond motifs is 5. The van der Waals surface area contributed by atoms with E-state index >= 15 is 0 Å². The average molecular weight is 505 g/mol. The predicted molar refractivity (Wildman–Crippen MR) is 148 cm³/mol. The molecule has 2 saturated carbocycles. The number of pyridine rings is 1. The lowest BCUT2D eigenvalue weighted by atomic mass is 9.46. The Bertz CT molecular complexity index is 1060. The maximum atomic E-state index is 13.2. The van der Waals surface area contributed by atoms with Gasteiger partial charge in [-0.05, 0) is 123 Å². The number of allylic oxidation sites excluding steroid dienone is 4. The lowest BCUT2D eigenvalue weighted by Gasteiger charge is -2.58. The summed E-state index contributed by atoms with van der Waals surface area (Å²) < 4.78 is 12.7. The van der Waals surface area contributed by atoms with Crippen LogP contribution in [0.15, 0.2) is 42.3 Å². The SMILES string of the molecule is CC12CC[C@H]3C(CC=C4CC(CC(=O)C5CCN(CCF)CC5)CCC43C)C1CC=C2c1cccnc1. The van der Waals surface area contributed by atoms with E-state index in [0.29, 0.717) is 23.7 Å². The van der Waals surface area contributed by atoms with Crippen molar-refractivity contribution in [3.63, 3.8) is 0 Å². The molecule has 6 atom stereocenters. The van der Waals surface area contributed by atoms with Crippen LogP contribution in [0.2, 0.25) is 0 Å². The first-order valence-corrected chi connectivity index (χ1v) is 15.0. The normalized spacial score (nSPS) is 38.2. The zero-order chi connectivity index (χ0) is 25.6. The minimum atomic E-state index is -0.279. The van der Waals surface area contributed by atoms with Gasteiger partial charge in [0.1, 0.15) is 12.5 Å². The number of ketones is 1. The van der Waals surface area contributed by atoms with Gasteiger partial charge in [-0.2, -0.15) is 0 Å². The Hall–Kier alpha value is -1.81. The van der Waals surface area contributed by atoms with Crippen molar-refractivity contribution in [1.82, 2.24) is 9.88 Å². The first-order chi connectivity index (χ1) is 17.9. The molecule has 1 saturated heterocycles. The van der Waals surface area contributed by atoms with Crippen molar-refractivity contribution in [3.05, 3.63) is 47.8 Å². The van der Waals surface area contributed by atoms with E-state index in [-0.39, 0.29) is 18.0 Å². The van der Waals surface area contributed by atoms with Crippen LogP contribution in [0, 0.1) is 40.4 Å². The molecular weight excluding hydrogens is 459 g/mol. The second-order valence-corrected chi connectivity index (χ2v) is 13.4. The zero-order valence-electron chi connectivity index (χ0n) is 22.9. The number of rotatable bonds is 6. The first kappa shape index (κ1) is 25.5. The molecule has 3 fully saturated rings. The van der Waals surface area contributed by atoms with E-state index in [1.54, 1.807) is 11.1 Å². The van der Waals surface area contributed by atoms with Gasteiger partial charge < -0.3 is 4.90 Å². The lowest BCUT2D eigenvalue weighted by molar-refractivity contribution is -0.125. The molecule has 1 aromatic rings. The second kappa shape index (κ2) is 10.1. The summed E-state index contributed by atoms with van der Waals surface area (Å²) in [5.74, 6) is 3.49. The maximum Gasteiger partial charge on any atom is 0.136 e. The number of Topliss-reactive ketones (excluding diaryl/α,β-unsaturated/α-hetero) is 1. The Morgan fingerprint density at radius 2 is 1.86 bits per heavy atom. The number of hydrogen-bond acceptors (Lipinski definition) is 3. The van der Waals surface area contributed by atoms with Gasteiger partial charge in [-0.25, -0.2) is 4.39 Å². The van der Waals surface area contributed by atoms with Crippen molar-refractivity contribution in [3.8, 4) is 0 Å². The van der Waals surface area contributed by atoms with Gasteiger partial charge >= 0.3 is 0 Å². The third-order valence-corrected chi connectivity index (χ3v) is 11.7. The third kappa shape index (κ3) is 4.45. The molecule has 4 heteroatoms. The molecule has 1 aromatic heterocycles. The number of likely N-dealkylation sites (tertiary alicyclic amines) is 1. The molecule has 4 aliphatic carbocycles. The van der Waals surface area contributed by atoms with E-state index in [1.165, 1.54) is 44.1 Å². The minimum absolute atomic E-state index is 0.203. The fourth-order valence-corrected chi connectivity index (χ4v) is 9.50. The van der Waals surface area contributed by atoms with Crippen molar-refractivity contribution in [2.75, 3.05) is 26.3 Å². The summed E-state index contributed by atoms with van der Waals surface area (Å²) in [6, 6.07) is 4.32. The summed E-state index contributed by atoms with van der Waals surface area (Å²) >= 11 is 0. The first-order valence-electron chi connectivity index (χ1n) is 15.0. The van der Waals surface area contributed by atoms with Crippen LogP contribution in [0.25, 0.3) is 5.57 Å². The van der Waals surface area contributed by atoms with Crippen LogP contribution in [0.4, 0.5) is 4.39 Å². The third-order valence-electron chi connectivity index (χ3n) is 11.7. The van der Waals surface area contributed by atoms with Crippen LogP contribution in [-0.4, -0.2) is 42.0 Å². The lowest BCUT2D eigenvalue weighted by Crippen LogP contribution is -2.49. The molecule has 0 radical (unpaired) electrons. The van der Waals surface area contributed by atoms with Gasteiger partial charge in [0.05, 0.1) is 0 Å². The van der Waals surface area contributed by atoms with Gasteiger partial charge in [0.2, 0.25) is 0 Å². The number of nitrogens with zero attached hydrogens (tertiary/aromatic N) is 2. The highest BCUT2D eigenvalue weighted by atomic mass is 19.1. The van der Waals surface area contributed by atoms with E-state index in [2.05, 4.69) is 54.2 Å². The fourth-order valence-electron chi connectivity index (χ4n) is 9.50. The topological polar surface area (TPSA) is 33.2 Å². The van der Waals surface area contributed by atoms with Gasteiger partial charge in [-0.3, -0.25) is 9.78 Å². The Balaban J connectivity index is 1.11. The molecular formula is C33H45FN2O. The molecule has 5 unspecified atom stereocenters. The Kier molecular flexibility index (Phi) is 6.92. The van der Waals surface area contributed by atoms with Crippen molar-refractivity contribution in [2.24, 2.45) is 40.4 Å². The van der Waals surface area contributed by atoms with Crippen LogP contribution in [0.1, 0.15) is 83.6 Å². The molecule has 1 aliphatic heterocycles. The molecule has 0 amide bonds. The van der Waals surface area contributed by atoms with Gasteiger partial charge in [0.15, 0.2) is 0 Å². The number of carbonyl (C=O) groups is 1. The number of piperidine rings is 1. The Morgan fingerprint density at radius 3 is 2.62 bits per heavy atom. The highest BCUT2D eigenvalue weighted by Gasteiger charge is 2.56. The molecule has 200 valence electrons. The second-order valence-electron chi connectivity index (χ2n) is 13.4. The zero-order valence-corrected chi connectivity index (χ0v) is 22.9. The van der Waals surface area contributed by atoms with E-state index in [0.717, 1.165) is 56.5 Å². The molecule has 0 spiro atoms. The van der Waals surface area contributed by atoms with Crippen LogP contribution in [-0.2, 0) is 4.79 Å². The largest absolute Gasteiger partial charge is 0.301 e. The minimum Gasteiger partial charge on any atom is -0.301 e. The van der Waals surface area contributed by atoms with Crippen LogP contribution < -0.4 is 0 Å². The summed E-state index contributed by atoms with van der Waals surface area (Å²) in [5.41, 5.74) is 5.13. The van der Waals surface area contributed by atoms with Gasteiger partial charge in [-0.1, -0.05) is 37.6 Å². The summed E-state index contributed by atoms with van der Waals surface area (Å²) in [7, 11) is 0. The number of alkyl halides is 1. The summed E-state index contributed by atoms with van der Waals surface area (Å²) in [6.45, 7) is 7.12. The van der Waals surface area contributed by atoms with Crippen molar-refractivity contribution in [2.45, 2.75) is 78.1 Å². The van der Waals surface area contributed by atoms with Gasteiger partial charge in [0, 0.05) is 31.3 Å². The van der Waals surface area contributed by atoms with Crippen LogP contribution in [0.5, 0.6) is 0 Å². The summed E-state index contributed by atoms with van der Waals surface area (Å²) in [5, 5.41) is 0. The quantitative estimate of drug-likeness (QED) is 0.381.